The first-order valence-corrected chi connectivity index (χ1v) is 7.64. The lowest BCUT2D eigenvalue weighted by molar-refractivity contribution is 0.102. The minimum Gasteiger partial charge on any atom is -0.454 e. The Labute approximate surface area is 144 Å². The van der Waals surface area contributed by atoms with E-state index in [0.29, 0.717) is 28.4 Å². The fraction of sp³-hybridized carbons (Fsp3) is 0.235. The van der Waals surface area contributed by atoms with Crippen molar-refractivity contribution < 1.29 is 19.1 Å². The predicted molar refractivity (Wildman–Crippen MR) is 90.7 cm³/mol. The molecule has 0 spiro atoms. The number of nitrogens with one attached hydrogen (secondary N) is 2. The summed E-state index contributed by atoms with van der Waals surface area (Å²) in [6.45, 7) is 0.418. The van der Waals surface area contributed by atoms with Gasteiger partial charge in [0.05, 0.1) is 12.2 Å². The molecule has 0 radical (unpaired) electrons. The molecule has 8 nitrogen and oxygen atoms in total. The van der Waals surface area contributed by atoms with E-state index < -0.39 is 0 Å². The Morgan fingerprint density at radius 2 is 1.96 bits per heavy atom. The molecule has 3 amide bonds. The monoisotopic (exact) mass is 342 g/mol. The number of amides is 3. The van der Waals surface area contributed by atoms with Gasteiger partial charge in [0.15, 0.2) is 11.5 Å². The van der Waals surface area contributed by atoms with Crippen molar-refractivity contribution in [3.8, 4) is 11.5 Å². The Hall–Kier alpha value is -3.29. The van der Waals surface area contributed by atoms with Gasteiger partial charge in [-0.25, -0.2) is 4.79 Å². The molecule has 0 aliphatic carbocycles. The van der Waals surface area contributed by atoms with Crippen molar-refractivity contribution >= 4 is 17.6 Å². The standard InChI is InChI=1S/C17H18N4O4/c1-21(2)17(23)19-9-13-7-11(5-6-18-13)16(22)20-12-3-4-14-15(8-12)25-10-24-14/h3-8H,9-10H2,1-2H3,(H,19,23)(H,20,22). The summed E-state index contributed by atoms with van der Waals surface area (Å²) in [5, 5.41) is 5.51. The quantitative estimate of drug-likeness (QED) is 0.884. The summed E-state index contributed by atoms with van der Waals surface area (Å²) in [6, 6.07) is 8.21. The van der Waals surface area contributed by atoms with Gasteiger partial charge in [-0.2, -0.15) is 0 Å². The maximum Gasteiger partial charge on any atom is 0.317 e. The smallest absolute Gasteiger partial charge is 0.317 e. The zero-order valence-corrected chi connectivity index (χ0v) is 13.9. The van der Waals surface area contributed by atoms with Crippen LogP contribution in [0.2, 0.25) is 0 Å². The molecule has 8 heteroatoms. The van der Waals surface area contributed by atoms with E-state index in [1.165, 1.54) is 11.1 Å². The Balaban J connectivity index is 1.66. The SMILES string of the molecule is CN(C)C(=O)NCc1cc(C(=O)Nc2ccc3c(c2)OCO3)ccn1. The van der Waals surface area contributed by atoms with Gasteiger partial charge >= 0.3 is 6.03 Å². The Morgan fingerprint density at radius 1 is 1.16 bits per heavy atom. The Kier molecular flexibility index (Phi) is 4.69. The van der Waals surface area contributed by atoms with Crippen LogP contribution in [0.4, 0.5) is 10.5 Å². The van der Waals surface area contributed by atoms with Crippen LogP contribution < -0.4 is 20.1 Å². The first kappa shape index (κ1) is 16.6. The van der Waals surface area contributed by atoms with E-state index in [2.05, 4.69) is 15.6 Å². The summed E-state index contributed by atoms with van der Waals surface area (Å²) in [4.78, 5) is 29.5. The predicted octanol–water partition coefficient (Wildman–Crippen LogP) is 1.83. The molecule has 0 saturated carbocycles. The van der Waals surface area contributed by atoms with E-state index in [0.717, 1.165) is 0 Å². The van der Waals surface area contributed by atoms with E-state index >= 15 is 0 Å². The van der Waals surface area contributed by atoms with Gasteiger partial charge in [-0.15, -0.1) is 0 Å². The van der Waals surface area contributed by atoms with Crippen LogP contribution in [-0.4, -0.2) is 42.7 Å². The number of benzene rings is 1. The lowest BCUT2D eigenvalue weighted by Gasteiger charge is -2.12. The average Bonchev–Trinajstić information content (AvgIpc) is 3.07. The number of pyridine rings is 1. The number of aromatic nitrogens is 1. The van der Waals surface area contributed by atoms with E-state index in [9.17, 15) is 9.59 Å². The molecule has 0 fully saturated rings. The maximum absolute atomic E-state index is 12.4. The third-order valence-corrected chi connectivity index (χ3v) is 3.54. The molecule has 0 unspecified atom stereocenters. The normalized spacial score (nSPS) is 11.8. The summed E-state index contributed by atoms with van der Waals surface area (Å²) in [6.07, 6.45) is 1.53. The molecule has 1 aromatic heterocycles. The first-order valence-electron chi connectivity index (χ1n) is 7.64. The summed E-state index contributed by atoms with van der Waals surface area (Å²) in [7, 11) is 3.30. The van der Waals surface area contributed by atoms with Crippen LogP contribution in [0, 0.1) is 0 Å². The number of anilines is 1. The second-order valence-corrected chi connectivity index (χ2v) is 5.61. The maximum atomic E-state index is 12.4. The highest BCUT2D eigenvalue weighted by atomic mass is 16.7. The molecule has 2 heterocycles. The Bertz CT molecular complexity index is 807. The fourth-order valence-electron chi connectivity index (χ4n) is 2.22. The highest BCUT2D eigenvalue weighted by Crippen LogP contribution is 2.34. The second-order valence-electron chi connectivity index (χ2n) is 5.61. The van der Waals surface area contributed by atoms with Crippen LogP contribution in [0.3, 0.4) is 0 Å². The minimum atomic E-state index is -0.276. The molecule has 1 aliphatic rings. The van der Waals surface area contributed by atoms with E-state index in [4.69, 9.17) is 9.47 Å². The average molecular weight is 342 g/mol. The van der Waals surface area contributed by atoms with Crippen molar-refractivity contribution in [2.24, 2.45) is 0 Å². The van der Waals surface area contributed by atoms with Gasteiger partial charge in [0.2, 0.25) is 6.79 Å². The van der Waals surface area contributed by atoms with Crippen LogP contribution >= 0.6 is 0 Å². The zero-order chi connectivity index (χ0) is 17.8. The molecule has 130 valence electrons. The van der Waals surface area contributed by atoms with Crippen molar-refractivity contribution in [1.29, 1.82) is 0 Å². The number of rotatable bonds is 4. The second kappa shape index (κ2) is 7.08. The van der Waals surface area contributed by atoms with Gasteiger partial charge in [0.25, 0.3) is 5.91 Å². The summed E-state index contributed by atoms with van der Waals surface area (Å²) in [5.41, 5.74) is 1.64. The number of carbonyl (C=O) groups excluding carboxylic acids is 2. The van der Waals surface area contributed by atoms with Crippen LogP contribution in [0.25, 0.3) is 0 Å². The molecule has 0 bridgehead atoms. The van der Waals surface area contributed by atoms with Crippen molar-refractivity contribution in [1.82, 2.24) is 15.2 Å². The minimum absolute atomic E-state index is 0.180. The molecule has 0 saturated heterocycles. The van der Waals surface area contributed by atoms with Gasteiger partial charge in [-0.05, 0) is 24.3 Å². The Morgan fingerprint density at radius 3 is 2.76 bits per heavy atom. The van der Waals surface area contributed by atoms with Crippen molar-refractivity contribution in [3.05, 3.63) is 47.8 Å². The summed E-state index contributed by atoms with van der Waals surface area (Å²) < 4.78 is 10.5. The van der Waals surface area contributed by atoms with Crippen LogP contribution in [0.5, 0.6) is 11.5 Å². The lowest BCUT2D eigenvalue weighted by Crippen LogP contribution is -2.34. The molecule has 2 aromatic rings. The van der Waals surface area contributed by atoms with Crippen LogP contribution in [0.1, 0.15) is 16.1 Å². The molecule has 25 heavy (non-hydrogen) atoms. The van der Waals surface area contributed by atoms with E-state index in [1.807, 2.05) is 0 Å². The van der Waals surface area contributed by atoms with Crippen LogP contribution in [0.15, 0.2) is 36.5 Å². The zero-order valence-electron chi connectivity index (χ0n) is 13.9. The van der Waals surface area contributed by atoms with Crippen LogP contribution in [-0.2, 0) is 6.54 Å². The van der Waals surface area contributed by atoms with Gasteiger partial charge in [0.1, 0.15) is 0 Å². The number of ether oxygens (including phenoxy) is 2. The third-order valence-electron chi connectivity index (χ3n) is 3.54. The summed E-state index contributed by atoms with van der Waals surface area (Å²) >= 11 is 0. The molecule has 2 N–H and O–H groups in total. The lowest BCUT2D eigenvalue weighted by atomic mass is 10.2. The highest BCUT2D eigenvalue weighted by Gasteiger charge is 2.15. The molecule has 0 atom stereocenters. The van der Waals surface area contributed by atoms with Gasteiger partial charge in [-0.1, -0.05) is 0 Å². The topological polar surface area (TPSA) is 92.8 Å². The number of hydrogen-bond acceptors (Lipinski definition) is 5. The number of nitrogens with zero attached hydrogens (tertiary/aromatic N) is 2. The van der Waals surface area contributed by atoms with Crippen molar-refractivity contribution in [2.75, 3.05) is 26.2 Å². The number of urea groups is 1. The van der Waals surface area contributed by atoms with Crippen molar-refractivity contribution in [3.63, 3.8) is 0 Å². The number of carbonyl (C=O) groups is 2. The fourth-order valence-corrected chi connectivity index (χ4v) is 2.22. The molecule has 1 aromatic carbocycles. The highest BCUT2D eigenvalue weighted by molar-refractivity contribution is 6.04. The largest absolute Gasteiger partial charge is 0.454 e. The molecule has 1 aliphatic heterocycles. The van der Waals surface area contributed by atoms with Gasteiger partial charge < -0.3 is 25.0 Å². The molecular weight excluding hydrogens is 324 g/mol. The van der Waals surface area contributed by atoms with Gasteiger partial charge in [0, 0.05) is 37.6 Å². The molecular formula is C17H18N4O4. The third kappa shape index (κ3) is 3.97. The van der Waals surface area contributed by atoms with E-state index in [-0.39, 0.29) is 25.3 Å². The van der Waals surface area contributed by atoms with E-state index in [1.54, 1.807) is 44.4 Å². The van der Waals surface area contributed by atoms with Gasteiger partial charge in [-0.3, -0.25) is 9.78 Å². The first-order chi connectivity index (χ1) is 12.0. The molecule has 3 rings (SSSR count). The van der Waals surface area contributed by atoms with Crippen molar-refractivity contribution in [2.45, 2.75) is 6.54 Å². The number of hydrogen-bond donors (Lipinski definition) is 2. The summed E-state index contributed by atoms with van der Waals surface area (Å²) in [5.74, 6) is 0.974. The number of fused-ring (bicyclic) bond motifs is 1.